The van der Waals surface area contributed by atoms with Crippen molar-refractivity contribution in [1.29, 1.82) is 0 Å². The Balaban J connectivity index is 1.46. The number of hydrogen-bond acceptors (Lipinski definition) is 6. The maximum Gasteiger partial charge on any atom is 0.416 e. The van der Waals surface area contributed by atoms with E-state index < -0.39 is 65.3 Å². The van der Waals surface area contributed by atoms with Crippen LogP contribution >= 0.6 is 0 Å². The molecule has 0 saturated carbocycles. The molecule has 2 fully saturated rings. The van der Waals surface area contributed by atoms with E-state index in [1.54, 1.807) is 56.0 Å². The second-order valence-corrected chi connectivity index (χ2v) is 13.1. The van der Waals surface area contributed by atoms with Crippen molar-refractivity contribution in [2.75, 3.05) is 13.2 Å². The molecule has 3 aromatic carbocycles. The van der Waals surface area contributed by atoms with Gasteiger partial charge in [0.25, 0.3) is 0 Å². The summed E-state index contributed by atoms with van der Waals surface area (Å²) in [4.78, 5) is 42.9. The summed E-state index contributed by atoms with van der Waals surface area (Å²) in [5, 5.41) is 2.69. The number of carbonyl (C=O) groups excluding carboxylic acids is 3. The lowest BCUT2D eigenvalue weighted by molar-refractivity contribution is -0.155. The second-order valence-electron chi connectivity index (χ2n) is 13.1. The monoisotopic (exact) mass is 681 g/mol. The number of nitrogens with zero attached hydrogens (tertiary/aromatic N) is 2. The van der Waals surface area contributed by atoms with Gasteiger partial charge in [-0.05, 0) is 62.1 Å². The molecule has 2 unspecified atom stereocenters. The minimum atomic E-state index is -4.56. The van der Waals surface area contributed by atoms with E-state index in [0.717, 1.165) is 17.7 Å². The summed E-state index contributed by atoms with van der Waals surface area (Å²) in [6, 6.07) is 19.1. The summed E-state index contributed by atoms with van der Waals surface area (Å²) in [6.07, 6.45) is -4.09. The number of cyclic esters (lactones) is 1. The lowest BCUT2D eigenvalue weighted by Crippen LogP contribution is -2.71. The van der Waals surface area contributed by atoms with Crippen molar-refractivity contribution >= 4 is 24.0 Å². The molecular weight excluding hydrogens is 642 g/mol. The number of halogens is 4. The zero-order valence-electron chi connectivity index (χ0n) is 27.5. The molecule has 2 aliphatic heterocycles. The van der Waals surface area contributed by atoms with Gasteiger partial charge in [-0.2, -0.15) is 13.2 Å². The van der Waals surface area contributed by atoms with Gasteiger partial charge in [-0.3, -0.25) is 19.4 Å². The standard InChI is InChI=1S/C37H39F4N3O5/c1-36(2,3)49-32(45)18-17-29(34(46)42-21-25-13-10-16-27(19-25)37(39,40)41)43-22-30(33(43)28(38)20-24-11-6-4-7-12-24)44-31(23-48-35(44)47)26-14-8-5-9-15-26/h4-16,19-20,29-31,33H,17-18,21-23H2,1-3H3,(H,42,46)/b28-20-/t29-,30?,31-,33?/m1/s1. The van der Waals surface area contributed by atoms with Crippen molar-refractivity contribution in [3.63, 3.8) is 0 Å². The predicted octanol–water partition coefficient (Wildman–Crippen LogP) is 7.07. The molecule has 2 heterocycles. The fraction of sp³-hybridized carbons (Fsp3) is 0.378. The van der Waals surface area contributed by atoms with Crippen LogP contribution in [-0.2, 0) is 31.8 Å². The molecule has 1 N–H and O–H groups in total. The van der Waals surface area contributed by atoms with Crippen molar-refractivity contribution in [2.45, 2.75) is 76.1 Å². The molecule has 0 radical (unpaired) electrons. The van der Waals surface area contributed by atoms with Crippen LogP contribution < -0.4 is 5.32 Å². The van der Waals surface area contributed by atoms with Gasteiger partial charge in [-0.25, -0.2) is 9.18 Å². The van der Waals surface area contributed by atoms with E-state index in [1.165, 1.54) is 23.1 Å². The Hall–Kier alpha value is -4.71. The first kappa shape index (κ1) is 35.6. The van der Waals surface area contributed by atoms with E-state index in [1.807, 2.05) is 30.3 Å². The van der Waals surface area contributed by atoms with Crippen molar-refractivity contribution in [3.05, 3.63) is 113 Å². The van der Waals surface area contributed by atoms with Crippen LogP contribution in [0.5, 0.6) is 0 Å². The summed E-state index contributed by atoms with van der Waals surface area (Å²) in [5.74, 6) is -1.79. The predicted molar refractivity (Wildman–Crippen MR) is 174 cm³/mol. The van der Waals surface area contributed by atoms with Crippen LogP contribution in [0.1, 0.15) is 61.9 Å². The van der Waals surface area contributed by atoms with Crippen molar-refractivity contribution < 1.29 is 41.4 Å². The largest absolute Gasteiger partial charge is 0.460 e. The molecule has 3 aromatic rings. The van der Waals surface area contributed by atoms with Crippen LogP contribution in [0, 0.1) is 0 Å². The van der Waals surface area contributed by atoms with Crippen LogP contribution in [0.4, 0.5) is 22.4 Å². The van der Waals surface area contributed by atoms with Gasteiger partial charge in [0.2, 0.25) is 5.91 Å². The van der Waals surface area contributed by atoms with Crippen LogP contribution in [0.25, 0.3) is 6.08 Å². The second kappa shape index (κ2) is 14.8. The van der Waals surface area contributed by atoms with Gasteiger partial charge in [0, 0.05) is 19.5 Å². The number of rotatable bonds is 11. The molecule has 0 bridgehead atoms. The Morgan fingerprint density at radius 3 is 2.33 bits per heavy atom. The Bertz CT molecular complexity index is 1660. The molecule has 49 heavy (non-hydrogen) atoms. The molecule has 2 saturated heterocycles. The summed E-state index contributed by atoms with van der Waals surface area (Å²) in [6.45, 7) is 5.03. The third kappa shape index (κ3) is 8.86. The van der Waals surface area contributed by atoms with E-state index in [9.17, 15) is 27.6 Å². The third-order valence-corrected chi connectivity index (χ3v) is 8.43. The van der Waals surface area contributed by atoms with Gasteiger partial charge >= 0.3 is 18.2 Å². The average molecular weight is 682 g/mol. The quantitative estimate of drug-likeness (QED) is 0.172. The Kier molecular flexibility index (Phi) is 10.8. The highest BCUT2D eigenvalue weighted by Crippen LogP contribution is 2.40. The van der Waals surface area contributed by atoms with Gasteiger partial charge in [-0.1, -0.05) is 72.8 Å². The molecule has 0 aliphatic carbocycles. The summed E-state index contributed by atoms with van der Waals surface area (Å²) in [7, 11) is 0. The number of alkyl halides is 3. The third-order valence-electron chi connectivity index (χ3n) is 8.43. The highest BCUT2D eigenvalue weighted by Gasteiger charge is 2.54. The topological polar surface area (TPSA) is 88.2 Å². The highest BCUT2D eigenvalue weighted by molar-refractivity contribution is 5.83. The van der Waals surface area contributed by atoms with Crippen LogP contribution in [0.2, 0.25) is 0 Å². The summed E-state index contributed by atoms with van der Waals surface area (Å²) >= 11 is 0. The van der Waals surface area contributed by atoms with Crippen molar-refractivity contribution in [3.8, 4) is 0 Å². The number of amides is 2. The Morgan fingerprint density at radius 1 is 1.00 bits per heavy atom. The molecule has 260 valence electrons. The molecule has 12 heteroatoms. The molecular formula is C37H39F4N3O5. The zero-order valence-corrected chi connectivity index (χ0v) is 27.5. The van der Waals surface area contributed by atoms with Crippen LogP contribution in [0.3, 0.4) is 0 Å². The number of carbonyl (C=O) groups is 3. The lowest BCUT2D eigenvalue weighted by atomic mass is 9.87. The van der Waals surface area contributed by atoms with Crippen molar-refractivity contribution in [2.24, 2.45) is 0 Å². The van der Waals surface area contributed by atoms with Crippen LogP contribution in [0.15, 0.2) is 90.8 Å². The zero-order chi connectivity index (χ0) is 35.3. The fourth-order valence-corrected chi connectivity index (χ4v) is 6.20. The van der Waals surface area contributed by atoms with E-state index in [2.05, 4.69) is 5.32 Å². The number of likely N-dealkylation sites (tertiary alicyclic amines) is 1. The number of hydrogen-bond donors (Lipinski definition) is 1. The first-order valence-corrected chi connectivity index (χ1v) is 16.0. The Morgan fingerprint density at radius 2 is 1.67 bits per heavy atom. The SMILES string of the molecule is CC(C)(C)OC(=O)CC[C@H](C(=O)NCc1cccc(C(F)(F)F)c1)N1CC(N2C(=O)OC[C@@H]2c2ccccc2)C1/C(F)=C/c1ccccc1. The fourth-order valence-electron chi connectivity index (χ4n) is 6.20. The molecule has 4 atom stereocenters. The molecule has 8 nitrogen and oxygen atoms in total. The maximum atomic E-state index is 16.5. The summed E-state index contributed by atoms with van der Waals surface area (Å²) < 4.78 is 67.4. The normalized spacial score (nSPS) is 20.7. The summed E-state index contributed by atoms with van der Waals surface area (Å²) in [5.41, 5.74) is -0.0555. The van der Waals surface area contributed by atoms with Crippen molar-refractivity contribution in [1.82, 2.24) is 15.1 Å². The van der Waals surface area contributed by atoms with Gasteiger partial charge in [-0.15, -0.1) is 0 Å². The molecule has 2 aliphatic rings. The number of ether oxygens (including phenoxy) is 2. The lowest BCUT2D eigenvalue weighted by Gasteiger charge is -2.53. The molecule has 2 amide bonds. The molecule has 0 aromatic heterocycles. The average Bonchev–Trinajstić information content (AvgIpc) is 3.41. The van der Waals surface area contributed by atoms with E-state index in [-0.39, 0.29) is 38.1 Å². The smallest absolute Gasteiger partial charge is 0.416 e. The van der Waals surface area contributed by atoms with Gasteiger partial charge in [0.1, 0.15) is 18.0 Å². The van der Waals surface area contributed by atoms with E-state index in [0.29, 0.717) is 5.56 Å². The number of esters is 1. The first-order chi connectivity index (χ1) is 23.2. The van der Waals surface area contributed by atoms with E-state index in [4.69, 9.17) is 9.47 Å². The number of nitrogens with one attached hydrogen (secondary N) is 1. The van der Waals surface area contributed by atoms with Gasteiger partial charge in [0.15, 0.2) is 0 Å². The molecule has 5 rings (SSSR count). The Labute approximate surface area is 282 Å². The molecule has 0 spiro atoms. The minimum absolute atomic E-state index is 0.0646. The first-order valence-electron chi connectivity index (χ1n) is 16.0. The maximum absolute atomic E-state index is 16.5. The van der Waals surface area contributed by atoms with Crippen LogP contribution in [-0.4, -0.2) is 64.6 Å². The van der Waals surface area contributed by atoms with Gasteiger partial charge in [0.05, 0.1) is 29.7 Å². The van der Waals surface area contributed by atoms with Gasteiger partial charge < -0.3 is 14.8 Å². The highest BCUT2D eigenvalue weighted by atomic mass is 19.4. The van der Waals surface area contributed by atoms with E-state index >= 15 is 4.39 Å². The minimum Gasteiger partial charge on any atom is -0.460 e. The number of benzene rings is 3.